The number of amidine groups is 1. The number of rotatable bonds is 2. The smallest absolute Gasteiger partial charge is 0.250 e. The summed E-state index contributed by atoms with van der Waals surface area (Å²) in [6.07, 6.45) is 7.23. The minimum absolute atomic E-state index is 0.0977. The molecular formula is C12H15N3O2. The number of allylic oxidation sites excluding steroid dienone is 2. The van der Waals surface area contributed by atoms with E-state index in [0.717, 1.165) is 0 Å². The van der Waals surface area contributed by atoms with Gasteiger partial charge in [0.1, 0.15) is 11.4 Å². The molecule has 0 aromatic rings. The zero-order chi connectivity index (χ0) is 12.5. The lowest BCUT2D eigenvalue weighted by Gasteiger charge is -2.41. The molecule has 5 heteroatoms. The van der Waals surface area contributed by atoms with Crippen molar-refractivity contribution < 1.29 is 9.59 Å². The van der Waals surface area contributed by atoms with Crippen LogP contribution in [0.15, 0.2) is 29.4 Å². The van der Waals surface area contributed by atoms with Gasteiger partial charge in [-0.1, -0.05) is 6.08 Å². The van der Waals surface area contributed by atoms with Gasteiger partial charge in [-0.2, -0.15) is 4.99 Å². The summed E-state index contributed by atoms with van der Waals surface area (Å²) in [4.78, 5) is 29.4. The van der Waals surface area contributed by atoms with E-state index in [1.807, 2.05) is 13.0 Å². The number of nitrogens with one attached hydrogen (secondary N) is 1. The number of hydrogen-bond acceptors (Lipinski definition) is 3. The van der Waals surface area contributed by atoms with Crippen molar-refractivity contribution in [1.29, 1.82) is 0 Å². The van der Waals surface area contributed by atoms with E-state index in [4.69, 9.17) is 0 Å². The summed E-state index contributed by atoms with van der Waals surface area (Å²) in [6, 6.07) is 0. The molecule has 0 aliphatic carbocycles. The van der Waals surface area contributed by atoms with Crippen molar-refractivity contribution in [2.24, 2.45) is 4.99 Å². The molecule has 0 aromatic heterocycles. The molecule has 2 rings (SSSR count). The van der Waals surface area contributed by atoms with E-state index in [9.17, 15) is 9.59 Å². The van der Waals surface area contributed by atoms with Crippen LogP contribution in [0.3, 0.4) is 0 Å². The second-order valence-electron chi connectivity index (χ2n) is 4.24. The van der Waals surface area contributed by atoms with Crippen molar-refractivity contribution in [1.82, 2.24) is 10.2 Å². The van der Waals surface area contributed by atoms with Crippen molar-refractivity contribution in [3.63, 3.8) is 0 Å². The van der Waals surface area contributed by atoms with E-state index >= 15 is 0 Å². The highest BCUT2D eigenvalue weighted by Gasteiger charge is 2.44. The van der Waals surface area contributed by atoms with Crippen LogP contribution in [0.4, 0.5) is 0 Å². The second kappa shape index (κ2) is 4.16. The van der Waals surface area contributed by atoms with Gasteiger partial charge in [-0.3, -0.25) is 9.59 Å². The van der Waals surface area contributed by atoms with E-state index in [2.05, 4.69) is 10.3 Å². The maximum atomic E-state index is 12.1. The molecular weight excluding hydrogens is 218 g/mol. The van der Waals surface area contributed by atoms with Crippen molar-refractivity contribution in [2.75, 3.05) is 6.54 Å². The van der Waals surface area contributed by atoms with Crippen LogP contribution >= 0.6 is 0 Å². The first-order valence-corrected chi connectivity index (χ1v) is 5.62. The van der Waals surface area contributed by atoms with Crippen LogP contribution in [0.5, 0.6) is 0 Å². The fourth-order valence-corrected chi connectivity index (χ4v) is 2.03. The summed E-state index contributed by atoms with van der Waals surface area (Å²) in [7, 11) is 0. The van der Waals surface area contributed by atoms with Gasteiger partial charge >= 0.3 is 0 Å². The molecule has 1 N–H and O–H groups in total. The zero-order valence-corrected chi connectivity index (χ0v) is 9.93. The molecule has 1 unspecified atom stereocenters. The second-order valence-corrected chi connectivity index (χ2v) is 4.24. The van der Waals surface area contributed by atoms with Gasteiger partial charge in [0.05, 0.1) is 6.42 Å². The number of likely N-dealkylation sites (N-methyl/N-ethyl adjacent to an activating group) is 1. The van der Waals surface area contributed by atoms with Crippen LogP contribution in [0.1, 0.15) is 20.3 Å². The van der Waals surface area contributed by atoms with Crippen molar-refractivity contribution in [3.8, 4) is 0 Å². The van der Waals surface area contributed by atoms with Gasteiger partial charge in [0.25, 0.3) is 5.91 Å². The SMILES string of the molecule is CCNC(=O)C1(C)CC(=O)N=C2C=CC=CN21. The number of hydrogen-bond donors (Lipinski definition) is 1. The lowest BCUT2D eigenvalue weighted by atomic mass is 9.91. The fraction of sp³-hybridized carbons (Fsp3) is 0.417. The fourth-order valence-electron chi connectivity index (χ4n) is 2.03. The number of nitrogens with zero attached hydrogens (tertiary/aromatic N) is 2. The minimum atomic E-state index is -0.883. The lowest BCUT2D eigenvalue weighted by molar-refractivity contribution is -0.134. The normalized spacial score (nSPS) is 26.6. The Hall–Kier alpha value is -1.91. The first-order valence-electron chi connectivity index (χ1n) is 5.62. The number of carbonyl (C=O) groups excluding carboxylic acids is 2. The molecule has 2 aliphatic rings. The minimum Gasteiger partial charge on any atom is -0.354 e. The molecule has 0 aromatic carbocycles. The topological polar surface area (TPSA) is 61.8 Å². The molecule has 90 valence electrons. The molecule has 0 saturated heterocycles. The Bertz CT molecular complexity index is 451. The third kappa shape index (κ3) is 1.88. The van der Waals surface area contributed by atoms with Gasteiger partial charge in [0.2, 0.25) is 5.91 Å². The standard InChI is InChI=1S/C12H15N3O2/c1-3-13-11(17)12(2)8-10(16)14-9-6-4-5-7-15(9)12/h4-7H,3,8H2,1-2H3,(H,13,17). The first-order chi connectivity index (χ1) is 8.08. The zero-order valence-electron chi connectivity index (χ0n) is 9.93. The molecule has 0 radical (unpaired) electrons. The van der Waals surface area contributed by atoms with E-state index < -0.39 is 5.54 Å². The van der Waals surface area contributed by atoms with Crippen LogP contribution in [0, 0.1) is 0 Å². The van der Waals surface area contributed by atoms with Crippen LogP contribution in [0.25, 0.3) is 0 Å². The van der Waals surface area contributed by atoms with Crippen LogP contribution in [0.2, 0.25) is 0 Å². The largest absolute Gasteiger partial charge is 0.354 e. The molecule has 17 heavy (non-hydrogen) atoms. The average molecular weight is 233 g/mol. The molecule has 2 amide bonds. The lowest BCUT2D eigenvalue weighted by Crippen LogP contribution is -2.59. The summed E-state index contributed by atoms with van der Waals surface area (Å²) in [5, 5.41) is 2.76. The Labute approximate surface area is 99.9 Å². The maximum Gasteiger partial charge on any atom is 0.250 e. The average Bonchev–Trinajstić information content (AvgIpc) is 2.29. The van der Waals surface area contributed by atoms with Gasteiger partial charge in [-0.25, -0.2) is 0 Å². The Morgan fingerprint density at radius 2 is 2.35 bits per heavy atom. The van der Waals surface area contributed by atoms with Gasteiger partial charge < -0.3 is 10.2 Å². The third-order valence-corrected chi connectivity index (χ3v) is 2.93. The Kier molecular flexibility index (Phi) is 2.83. The molecule has 0 bridgehead atoms. The van der Waals surface area contributed by atoms with Gasteiger partial charge in [0.15, 0.2) is 0 Å². The number of aliphatic imine (C=N–C) groups is 1. The summed E-state index contributed by atoms with van der Waals surface area (Å²) < 4.78 is 0. The highest BCUT2D eigenvalue weighted by atomic mass is 16.2. The molecule has 0 spiro atoms. The molecule has 2 aliphatic heterocycles. The van der Waals surface area contributed by atoms with E-state index in [1.165, 1.54) is 0 Å². The number of amides is 2. The molecule has 2 heterocycles. The third-order valence-electron chi connectivity index (χ3n) is 2.93. The molecule has 1 atom stereocenters. The van der Waals surface area contributed by atoms with Crippen LogP contribution in [-0.2, 0) is 9.59 Å². The quantitative estimate of drug-likeness (QED) is 0.759. The molecule has 0 saturated carbocycles. The number of fused-ring (bicyclic) bond motifs is 1. The van der Waals surface area contributed by atoms with Crippen molar-refractivity contribution in [3.05, 3.63) is 24.4 Å². The predicted octanol–water partition coefficient (Wildman–Crippen LogP) is 0.595. The van der Waals surface area contributed by atoms with Crippen LogP contribution in [-0.4, -0.2) is 34.6 Å². The summed E-state index contributed by atoms with van der Waals surface area (Å²) in [5.74, 6) is 0.114. The first kappa shape index (κ1) is 11.6. The van der Waals surface area contributed by atoms with Crippen molar-refractivity contribution >= 4 is 17.6 Å². The molecule has 5 nitrogen and oxygen atoms in total. The Morgan fingerprint density at radius 1 is 1.59 bits per heavy atom. The summed E-state index contributed by atoms with van der Waals surface area (Å²) in [6.45, 7) is 4.16. The maximum absolute atomic E-state index is 12.1. The van der Waals surface area contributed by atoms with E-state index in [1.54, 1.807) is 30.2 Å². The van der Waals surface area contributed by atoms with E-state index in [-0.39, 0.29) is 18.2 Å². The number of carbonyl (C=O) groups is 2. The highest BCUT2D eigenvalue weighted by Crippen LogP contribution is 2.27. The van der Waals surface area contributed by atoms with Crippen molar-refractivity contribution in [2.45, 2.75) is 25.8 Å². The van der Waals surface area contributed by atoms with E-state index in [0.29, 0.717) is 12.4 Å². The van der Waals surface area contributed by atoms with Gasteiger partial charge in [-0.05, 0) is 26.0 Å². The Morgan fingerprint density at radius 3 is 3.06 bits per heavy atom. The monoisotopic (exact) mass is 233 g/mol. The molecule has 0 fully saturated rings. The summed E-state index contributed by atoms with van der Waals surface area (Å²) in [5.41, 5.74) is -0.883. The summed E-state index contributed by atoms with van der Waals surface area (Å²) >= 11 is 0. The van der Waals surface area contributed by atoms with Gasteiger partial charge in [-0.15, -0.1) is 0 Å². The van der Waals surface area contributed by atoms with Crippen LogP contribution < -0.4 is 5.32 Å². The Balaban J connectivity index is 2.38. The highest BCUT2D eigenvalue weighted by molar-refractivity contribution is 6.09. The van der Waals surface area contributed by atoms with Gasteiger partial charge in [0, 0.05) is 12.7 Å². The predicted molar refractivity (Wildman–Crippen MR) is 64.3 cm³/mol.